The lowest BCUT2D eigenvalue weighted by molar-refractivity contribution is 0.171. The summed E-state index contributed by atoms with van der Waals surface area (Å²) in [5.74, 6) is 2.00. The first-order chi connectivity index (χ1) is 12.2. The Morgan fingerprint density at radius 1 is 1.35 bits per heavy atom. The topological polar surface area (TPSA) is 80.2 Å². The van der Waals surface area contributed by atoms with Crippen molar-refractivity contribution in [2.75, 3.05) is 39.1 Å². The second-order valence-electron chi connectivity index (χ2n) is 7.00. The number of benzene rings is 1. The number of nitrogens with one attached hydrogen (secondary N) is 1. The third-order valence-corrected chi connectivity index (χ3v) is 7.48. The highest BCUT2D eigenvalue weighted by Gasteiger charge is 2.40. The van der Waals surface area contributed by atoms with E-state index in [1.165, 1.54) is 0 Å². The molecule has 2 aliphatic rings. The van der Waals surface area contributed by atoms with Gasteiger partial charge < -0.3 is 19.7 Å². The second-order valence-corrected chi connectivity index (χ2v) is 10.2. The maximum Gasteiger partial charge on any atom is 0.193 e. The molecular formula is C17H24ClN3O4S. The molecule has 2 aliphatic heterocycles. The number of aliphatic imine (C=N–C) groups is 1. The monoisotopic (exact) mass is 401 g/mol. The van der Waals surface area contributed by atoms with Gasteiger partial charge in [-0.15, -0.1) is 0 Å². The van der Waals surface area contributed by atoms with Crippen LogP contribution in [0.15, 0.2) is 17.1 Å². The molecule has 1 fully saturated rings. The second kappa shape index (κ2) is 7.15. The molecule has 0 unspecified atom stereocenters. The van der Waals surface area contributed by atoms with Crippen LogP contribution in [0.25, 0.3) is 0 Å². The van der Waals surface area contributed by atoms with E-state index in [2.05, 4.69) is 10.3 Å². The summed E-state index contributed by atoms with van der Waals surface area (Å²) < 4.78 is 34.7. The zero-order chi connectivity index (χ0) is 18.9. The van der Waals surface area contributed by atoms with Crippen LogP contribution in [0.5, 0.6) is 11.5 Å². The van der Waals surface area contributed by atoms with E-state index in [-0.39, 0.29) is 5.75 Å². The van der Waals surface area contributed by atoms with Crippen LogP contribution in [-0.2, 0) is 16.4 Å². The summed E-state index contributed by atoms with van der Waals surface area (Å²) in [5.41, 5.74) is 0.935. The van der Waals surface area contributed by atoms with Gasteiger partial charge in [0.2, 0.25) is 0 Å². The van der Waals surface area contributed by atoms with Gasteiger partial charge >= 0.3 is 0 Å². The SMILES string of the molecule is CN=C(NCc1cc(Cl)c2c(c1)OCCO2)N1CCS(=O)(=O)C(C)(C)C1. The lowest BCUT2D eigenvalue weighted by Gasteiger charge is -2.39. The van der Waals surface area contributed by atoms with E-state index < -0.39 is 14.6 Å². The minimum Gasteiger partial charge on any atom is -0.486 e. The predicted octanol–water partition coefficient (Wildman–Crippen LogP) is 1.70. The number of sulfone groups is 1. The van der Waals surface area contributed by atoms with E-state index in [4.69, 9.17) is 21.1 Å². The van der Waals surface area contributed by atoms with Crippen molar-refractivity contribution in [1.82, 2.24) is 10.2 Å². The Bertz CT molecular complexity index is 824. The van der Waals surface area contributed by atoms with Crippen LogP contribution in [0.1, 0.15) is 19.4 Å². The van der Waals surface area contributed by atoms with Crippen molar-refractivity contribution >= 4 is 27.4 Å². The van der Waals surface area contributed by atoms with Crippen molar-refractivity contribution in [1.29, 1.82) is 0 Å². The number of ether oxygens (including phenoxy) is 2. The van der Waals surface area contributed by atoms with Gasteiger partial charge in [0.25, 0.3) is 0 Å². The maximum atomic E-state index is 12.2. The summed E-state index contributed by atoms with van der Waals surface area (Å²) in [6.45, 7) is 5.81. The largest absolute Gasteiger partial charge is 0.486 e. The van der Waals surface area contributed by atoms with E-state index in [1.54, 1.807) is 20.9 Å². The molecule has 3 rings (SSSR count). The van der Waals surface area contributed by atoms with Crippen LogP contribution in [-0.4, -0.2) is 63.1 Å². The molecule has 9 heteroatoms. The van der Waals surface area contributed by atoms with Gasteiger partial charge in [0.05, 0.1) is 15.5 Å². The van der Waals surface area contributed by atoms with Crippen LogP contribution in [0.4, 0.5) is 0 Å². The molecule has 0 aromatic heterocycles. The first kappa shape index (κ1) is 19.1. The highest BCUT2D eigenvalue weighted by Crippen LogP contribution is 2.38. The molecule has 1 N–H and O–H groups in total. The highest BCUT2D eigenvalue weighted by atomic mass is 35.5. The highest BCUT2D eigenvalue weighted by molar-refractivity contribution is 7.92. The summed E-state index contributed by atoms with van der Waals surface area (Å²) in [6, 6.07) is 3.73. The molecule has 1 aromatic rings. The van der Waals surface area contributed by atoms with E-state index in [1.807, 2.05) is 17.0 Å². The average Bonchev–Trinajstić information content (AvgIpc) is 2.58. The summed E-state index contributed by atoms with van der Waals surface area (Å²) in [6.07, 6.45) is 0. The molecule has 0 amide bonds. The normalized spacial score (nSPS) is 21.4. The molecule has 0 radical (unpaired) electrons. The molecular weight excluding hydrogens is 378 g/mol. The Morgan fingerprint density at radius 3 is 2.77 bits per heavy atom. The molecule has 2 heterocycles. The zero-order valence-corrected chi connectivity index (χ0v) is 16.8. The molecule has 144 valence electrons. The summed E-state index contributed by atoms with van der Waals surface area (Å²) in [5, 5.41) is 3.79. The van der Waals surface area contributed by atoms with Gasteiger partial charge in [0, 0.05) is 26.7 Å². The number of fused-ring (bicyclic) bond motifs is 1. The van der Waals surface area contributed by atoms with Crippen molar-refractivity contribution < 1.29 is 17.9 Å². The van der Waals surface area contributed by atoms with Gasteiger partial charge in [-0.25, -0.2) is 8.42 Å². The van der Waals surface area contributed by atoms with Crippen molar-refractivity contribution in [2.45, 2.75) is 25.1 Å². The summed E-state index contributed by atoms with van der Waals surface area (Å²) in [7, 11) is -1.40. The van der Waals surface area contributed by atoms with Crippen LogP contribution in [0.2, 0.25) is 5.02 Å². The van der Waals surface area contributed by atoms with Crippen LogP contribution in [0, 0.1) is 0 Å². The van der Waals surface area contributed by atoms with Crippen molar-refractivity contribution in [2.24, 2.45) is 4.99 Å². The Hall–Kier alpha value is -1.67. The van der Waals surface area contributed by atoms with E-state index in [9.17, 15) is 8.42 Å². The van der Waals surface area contributed by atoms with Crippen LogP contribution >= 0.6 is 11.6 Å². The maximum absolute atomic E-state index is 12.2. The van der Waals surface area contributed by atoms with Gasteiger partial charge in [-0.3, -0.25) is 4.99 Å². The quantitative estimate of drug-likeness (QED) is 0.600. The van der Waals surface area contributed by atoms with Gasteiger partial charge in [-0.05, 0) is 31.5 Å². The lowest BCUT2D eigenvalue weighted by atomic mass is 10.2. The van der Waals surface area contributed by atoms with Crippen molar-refractivity contribution in [3.63, 3.8) is 0 Å². The first-order valence-electron chi connectivity index (χ1n) is 8.49. The van der Waals surface area contributed by atoms with Crippen molar-refractivity contribution in [3.05, 3.63) is 22.7 Å². The minimum absolute atomic E-state index is 0.122. The number of hydrogen-bond acceptors (Lipinski definition) is 5. The third-order valence-electron chi connectivity index (χ3n) is 4.66. The Kier molecular flexibility index (Phi) is 5.25. The van der Waals surface area contributed by atoms with E-state index in [0.29, 0.717) is 55.3 Å². The minimum atomic E-state index is -3.09. The van der Waals surface area contributed by atoms with E-state index in [0.717, 1.165) is 5.56 Å². The van der Waals surface area contributed by atoms with Crippen LogP contribution in [0.3, 0.4) is 0 Å². The first-order valence-corrected chi connectivity index (χ1v) is 10.5. The number of halogens is 1. The molecule has 0 aliphatic carbocycles. The Morgan fingerprint density at radius 2 is 2.08 bits per heavy atom. The smallest absolute Gasteiger partial charge is 0.193 e. The van der Waals surface area contributed by atoms with E-state index >= 15 is 0 Å². The van der Waals surface area contributed by atoms with Crippen molar-refractivity contribution in [3.8, 4) is 11.5 Å². The Labute approximate surface area is 159 Å². The standard InChI is InChI=1S/C17H24ClN3O4S/c1-17(2)11-21(4-7-26(17,22)23)16(19-3)20-10-12-8-13(18)15-14(9-12)24-5-6-25-15/h8-9H,4-7,10-11H2,1-3H3,(H,19,20). The zero-order valence-electron chi connectivity index (χ0n) is 15.2. The molecule has 1 aromatic carbocycles. The summed E-state index contributed by atoms with van der Waals surface area (Å²) >= 11 is 6.27. The predicted molar refractivity (Wildman–Crippen MR) is 102 cm³/mol. The fourth-order valence-corrected chi connectivity index (χ4v) is 4.76. The van der Waals surface area contributed by atoms with Gasteiger partial charge in [-0.2, -0.15) is 0 Å². The van der Waals surface area contributed by atoms with Gasteiger partial charge in [0.1, 0.15) is 13.2 Å². The summed E-state index contributed by atoms with van der Waals surface area (Å²) in [4.78, 5) is 6.27. The van der Waals surface area contributed by atoms with Gasteiger partial charge in [-0.1, -0.05) is 11.6 Å². The number of hydrogen-bond donors (Lipinski definition) is 1. The molecule has 0 atom stereocenters. The molecule has 0 spiro atoms. The average molecular weight is 402 g/mol. The molecule has 0 saturated carbocycles. The van der Waals surface area contributed by atoms with Crippen LogP contribution < -0.4 is 14.8 Å². The lowest BCUT2D eigenvalue weighted by Crippen LogP contribution is -2.57. The number of nitrogens with zero attached hydrogens (tertiary/aromatic N) is 2. The molecule has 0 bridgehead atoms. The Balaban J connectivity index is 1.70. The molecule has 26 heavy (non-hydrogen) atoms. The fraction of sp³-hybridized carbons (Fsp3) is 0.588. The third kappa shape index (κ3) is 3.71. The molecule has 7 nitrogen and oxygen atoms in total. The number of guanidine groups is 1. The number of rotatable bonds is 2. The van der Waals surface area contributed by atoms with Gasteiger partial charge in [0.15, 0.2) is 27.3 Å². The molecule has 1 saturated heterocycles. The fourth-order valence-electron chi connectivity index (χ4n) is 3.10.